The van der Waals surface area contributed by atoms with Gasteiger partial charge in [0.25, 0.3) is 0 Å². The molecule has 0 heterocycles. The molecule has 0 fully saturated rings. The van der Waals surface area contributed by atoms with E-state index in [1.54, 1.807) is 0 Å². The Bertz CT molecular complexity index is 1140. The van der Waals surface area contributed by atoms with E-state index in [0.29, 0.717) is 0 Å². The molecule has 0 radical (unpaired) electrons. The highest BCUT2D eigenvalue weighted by atomic mass is 19.4. The fraction of sp³-hybridized carbons (Fsp3) is 0.158. The predicted molar refractivity (Wildman–Crippen MR) is 94.6 cm³/mol. The lowest BCUT2D eigenvalue weighted by atomic mass is 9.78. The fourth-order valence-electron chi connectivity index (χ4n) is 3.34. The van der Waals surface area contributed by atoms with Crippen LogP contribution in [0, 0.1) is 0 Å². The van der Waals surface area contributed by atoms with E-state index in [4.69, 9.17) is 0 Å². The van der Waals surface area contributed by atoms with E-state index < -0.39 is 81.1 Å². The zero-order chi connectivity index (χ0) is 25.5. The summed E-state index contributed by atoms with van der Waals surface area (Å²) in [5.74, 6) is -14.7. The van der Waals surface area contributed by atoms with Crippen molar-refractivity contribution in [2.45, 2.75) is 18.3 Å². The number of hydrogen-bond donors (Lipinski definition) is 4. The van der Waals surface area contributed by atoms with E-state index in [2.05, 4.69) is 0 Å². The molecule has 0 spiro atoms. The minimum absolute atomic E-state index is 0.717. The van der Waals surface area contributed by atoms with Gasteiger partial charge < -0.3 is 20.4 Å². The Morgan fingerprint density at radius 1 is 0.606 bits per heavy atom. The van der Waals surface area contributed by atoms with Crippen LogP contribution in [0.15, 0.2) is 30.3 Å². The van der Waals surface area contributed by atoms with Crippen LogP contribution < -0.4 is 0 Å². The maximum atomic E-state index is 13.6. The van der Waals surface area contributed by atoms with Crippen molar-refractivity contribution in [1.82, 2.24) is 0 Å². The van der Waals surface area contributed by atoms with Gasteiger partial charge in [-0.1, -0.05) is 30.3 Å². The highest BCUT2D eigenvalue weighted by Gasteiger charge is 2.60. The minimum Gasteiger partial charge on any atom is -0.478 e. The van der Waals surface area contributed by atoms with Gasteiger partial charge in [-0.05, 0) is 11.1 Å². The summed E-state index contributed by atoms with van der Waals surface area (Å²) in [5.41, 5.74) is -12.2. The molecule has 0 unspecified atom stereocenters. The van der Waals surface area contributed by atoms with Crippen molar-refractivity contribution in [3.63, 3.8) is 0 Å². The Labute approximate surface area is 178 Å². The van der Waals surface area contributed by atoms with Crippen molar-refractivity contribution in [3.05, 3.63) is 58.1 Å². The first-order valence-electron chi connectivity index (χ1n) is 8.37. The van der Waals surface area contributed by atoms with E-state index in [9.17, 15) is 65.9 Å². The summed E-state index contributed by atoms with van der Waals surface area (Å²) in [7, 11) is 0. The zero-order valence-electron chi connectivity index (χ0n) is 15.7. The molecule has 4 N–H and O–H groups in total. The van der Waals surface area contributed by atoms with E-state index in [1.165, 1.54) is 6.07 Å². The lowest BCUT2D eigenvalue weighted by Crippen LogP contribution is -2.37. The molecule has 2 aromatic rings. The highest BCUT2D eigenvalue weighted by molar-refractivity contribution is 6.18. The SMILES string of the molecule is O=C(O)c1c(C(=O)O)c(C(=O)O)c(C(C(F)(F)F)C(F)(F)F)c(-c2ccccc2)c1C(=O)O. The minimum atomic E-state index is -6.28. The Hall–Kier alpha value is -4.10. The molecule has 0 aliphatic carbocycles. The molecule has 0 aliphatic rings. The molecule has 0 aromatic heterocycles. The van der Waals surface area contributed by atoms with Crippen molar-refractivity contribution in [3.8, 4) is 11.1 Å². The number of carboxylic acid groups (broad SMARTS) is 4. The fourth-order valence-corrected chi connectivity index (χ4v) is 3.34. The number of rotatable bonds is 6. The van der Waals surface area contributed by atoms with Gasteiger partial charge in [0.2, 0.25) is 0 Å². The molecule has 0 atom stereocenters. The summed E-state index contributed by atoms with van der Waals surface area (Å²) in [6, 6.07) is 4.95. The van der Waals surface area contributed by atoms with Crippen LogP contribution >= 0.6 is 0 Å². The maximum absolute atomic E-state index is 13.6. The Kier molecular flexibility index (Phi) is 6.44. The third kappa shape index (κ3) is 4.58. The van der Waals surface area contributed by atoms with Gasteiger partial charge in [-0.15, -0.1) is 0 Å². The quantitative estimate of drug-likeness (QED) is 0.446. The topological polar surface area (TPSA) is 149 Å². The molecule has 14 heteroatoms. The largest absolute Gasteiger partial charge is 0.478 e. The van der Waals surface area contributed by atoms with Gasteiger partial charge in [0, 0.05) is 5.56 Å². The molecule has 0 amide bonds. The van der Waals surface area contributed by atoms with Crippen LogP contribution in [0.2, 0.25) is 0 Å². The monoisotopic (exact) mass is 480 g/mol. The Morgan fingerprint density at radius 2 is 0.970 bits per heavy atom. The van der Waals surface area contributed by atoms with Gasteiger partial charge in [0.05, 0.1) is 22.3 Å². The first kappa shape index (κ1) is 25.2. The van der Waals surface area contributed by atoms with E-state index >= 15 is 0 Å². The maximum Gasteiger partial charge on any atom is 0.404 e. The second-order valence-corrected chi connectivity index (χ2v) is 6.39. The summed E-state index contributed by atoms with van der Waals surface area (Å²) < 4.78 is 81.8. The molecule has 0 bridgehead atoms. The van der Waals surface area contributed by atoms with Crippen molar-refractivity contribution in [2.24, 2.45) is 0 Å². The lowest BCUT2D eigenvalue weighted by Gasteiger charge is -2.29. The number of hydrogen-bond acceptors (Lipinski definition) is 4. The summed E-state index contributed by atoms with van der Waals surface area (Å²) in [4.78, 5) is 47.1. The third-order valence-electron chi connectivity index (χ3n) is 4.40. The Morgan fingerprint density at radius 3 is 1.30 bits per heavy atom. The molecule has 2 rings (SSSR count). The summed E-state index contributed by atoms with van der Waals surface area (Å²) >= 11 is 0. The zero-order valence-corrected chi connectivity index (χ0v) is 15.7. The van der Waals surface area contributed by atoms with Crippen LogP contribution in [0.1, 0.15) is 52.9 Å². The second kappa shape index (κ2) is 8.44. The first-order valence-corrected chi connectivity index (χ1v) is 8.37. The number of halogens is 6. The molecular weight excluding hydrogens is 470 g/mol. The molecule has 8 nitrogen and oxygen atoms in total. The summed E-state index contributed by atoms with van der Waals surface area (Å²) in [6.45, 7) is 0. The lowest BCUT2D eigenvalue weighted by molar-refractivity contribution is -0.253. The number of benzene rings is 2. The number of alkyl halides is 6. The Balaban J connectivity index is 3.47. The molecule has 33 heavy (non-hydrogen) atoms. The molecular formula is C19H10F6O8. The van der Waals surface area contributed by atoms with Crippen LogP contribution in [0.5, 0.6) is 0 Å². The summed E-state index contributed by atoms with van der Waals surface area (Å²) in [5, 5.41) is 37.7. The van der Waals surface area contributed by atoms with Crippen molar-refractivity contribution >= 4 is 23.9 Å². The smallest absolute Gasteiger partial charge is 0.404 e. The number of aromatic carboxylic acids is 4. The van der Waals surface area contributed by atoms with E-state index in [1.807, 2.05) is 0 Å². The van der Waals surface area contributed by atoms with Crippen molar-refractivity contribution < 1.29 is 65.9 Å². The van der Waals surface area contributed by atoms with Crippen LogP contribution in [0.25, 0.3) is 11.1 Å². The third-order valence-corrected chi connectivity index (χ3v) is 4.40. The normalized spacial score (nSPS) is 12.0. The highest BCUT2D eigenvalue weighted by Crippen LogP contribution is 2.52. The average Bonchev–Trinajstić information content (AvgIpc) is 2.64. The van der Waals surface area contributed by atoms with Gasteiger partial charge >= 0.3 is 36.2 Å². The average molecular weight is 480 g/mol. The molecule has 0 aliphatic heterocycles. The van der Waals surface area contributed by atoms with Crippen LogP contribution in [-0.4, -0.2) is 56.7 Å². The predicted octanol–water partition coefficient (Wildman–Crippen LogP) is 4.35. The van der Waals surface area contributed by atoms with Gasteiger partial charge in [-0.3, -0.25) is 0 Å². The standard InChI is InChI=1S/C19H10F6O8/c20-18(21,22)13(19(23,24)25)8-7(6-4-2-1-3-5-6)9(14(26)27)11(16(30)31)12(17(32)33)10(8)15(28)29/h1-5,13H,(H,26,27)(H,28,29)(H,30,31)(H,32,33). The van der Waals surface area contributed by atoms with Crippen molar-refractivity contribution in [2.75, 3.05) is 0 Å². The second-order valence-electron chi connectivity index (χ2n) is 6.39. The molecule has 2 aromatic carbocycles. The molecule has 0 saturated carbocycles. The number of carboxylic acids is 4. The van der Waals surface area contributed by atoms with E-state index in [0.717, 1.165) is 24.3 Å². The van der Waals surface area contributed by atoms with Gasteiger partial charge in [-0.25, -0.2) is 19.2 Å². The molecule has 0 saturated heterocycles. The van der Waals surface area contributed by atoms with E-state index in [-0.39, 0.29) is 0 Å². The molecule has 176 valence electrons. The summed E-state index contributed by atoms with van der Waals surface area (Å²) in [6.07, 6.45) is -12.6. The van der Waals surface area contributed by atoms with Gasteiger partial charge in [-0.2, -0.15) is 26.3 Å². The number of carbonyl (C=O) groups is 4. The van der Waals surface area contributed by atoms with Crippen LogP contribution in [0.3, 0.4) is 0 Å². The first-order chi connectivity index (χ1) is 15.0. The van der Waals surface area contributed by atoms with Gasteiger partial charge in [0.15, 0.2) is 5.92 Å². The van der Waals surface area contributed by atoms with Crippen molar-refractivity contribution in [1.29, 1.82) is 0 Å². The van der Waals surface area contributed by atoms with Gasteiger partial charge in [0.1, 0.15) is 0 Å². The van der Waals surface area contributed by atoms with Crippen LogP contribution in [-0.2, 0) is 0 Å². The van der Waals surface area contributed by atoms with Crippen LogP contribution in [0.4, 0.5) is 26.3 Å².